The zero-order valence-electron chi connectivity index (χ0n) is 11.2. The van der Waals surface area contributed by atoms with Crippen LogP contribution in [-0.2, 0) is 4.79 Å². The first-order valence-corrected chi connectivity index (χ1v) is 6.46. The molecule has 2 rings (SSSR count). The Morgan fingerprint density at radius 3 is 2.84 bits per heavy atom. The predicted octanol–water partition coefficient (Wildman–Crippen LogP) is 1.59. The van der Waals surface area contributed by atoms with Crippen LogP contribution in [0.4, 0.5) is 10.1 Å². The first-order valence-electron chi connectivity index (χ1n) is 6.46. The molecule has 0 heterocycles. The van der Waals surface area contributed by atoms with Crippen LogP contribution in [0.25, 0.3) is 0 Å². The summed E-state index contributed by atoms with van der Waals surface area (Å²) in [6.07, 6.45) is 1.27. The van der Waals surface area contributed by atoms with Crippen molar-refractivity contribution in [3.05, 3.63) is 29.6 Å². The Morgan fingerprint density at radius 1 is 1.58 bits per heavy atom. The molecule has 2 N–H and O–H groups in total. The number of carbonyl (C=O) groups excluding carboxylic acids is 1. The first kappa shape index (κ1) is 13.8. The number of anilines is 1. The highest BCUT2D eigenvalue weighted by molar-refractivity contribution is 5.82. The molecule has 1 saturated carbocycles. The van der Waals surface area contributed by atoms with Gasteiger partial charge < -0.3 is 15.3 Å². The number of para-hydroxylation sites is 1. The van der Waals surface area contributed by atoms with Crippen molar-refractivity contribution in [1.29, 1.82) is 0 Å². The van der Waals surface area contributed by atoms with Crippen molar-refractivity contribution in [1.82, 2.24) is 5.32 Å². The van der Waals surface area contributed by atoms with Crippen LogP contribution >= 0.6 is 0 Å². The van der Waals surface area contributed by atoms with E-state index in [-0.39, 0.29) is 24.2 Å². The molecule has 1 aliphatic rings. The lowest BCUT2D eigenvalue weighted by molar-refractivity contribution is -0.119. The van der Waals surface area contributed by atoms with Gasteiger partial charge in [-0.2, -0.15) is 0 Å². The van der Waals surface area contributed by atoms with Gasteiger partial charge in [-0.05, 0) is 25.8 Å². The molecule has 0 bridgehead atoms. The minimum Gasteiger partial charge on any atom is -0.389 e. The molecule has 0 spiro atoms. The molecule has 1 aliphatic carbocycles. The van der Waals surface area contributed by atoms with E-state index < -0.39 is 11.9 Å². The summed E-state index contributed by atoms with van der Waals surface area (Å²) in [6.45, 7) is 1.66. The van der Waals surface area contributed by atoms with Crippen LogP contribution in [0.5, 0.6) is 0 Å². The second-order valence-corrected chi connectivity index (χ2v) is 5.05. The molecule has 0 radical (unpaired) electrons. The van der Waals surface area contributed by atoms with E-state index in [1.165, 1.54) is 11.0 Å². The fourth-order valence-electron chi connectivity index (χ4n) is 2.07. The van der Waals surface area contributed by atoms with E-state index in [0.717, 1.165) is 12.8 Å². The summed E-state index contributed by atoms with van der Waals surface area (Å²) in [5.41, 5.74) is 0.769. The Balaban J connectivity index is 2.12. The van der Waals surface area contributed by atoms with Gasteiger partial charge in [-0.15, -0.1) is 0 Å². The quantitative estimate of drug-likeness (QED) is 0.851. The molecule has 1 atom stereocenters. The van der Waals surface area contributed by atoms with Crippen molar-refractivity contribution in [3.8, 4) is 0 Å². The van der Waals surface area contributed by atoms with Crippen molar-refractivity contribution in [2.75, 3.05) is 18.5 Å². The highest BCUT2D eigenvalue weighted by Crippen LogP contribution is 2.28. The summed E-state index contributed by atoms with van der Waals surface area (Å²) in [4.78, 5) is 13.3. The smallest absolute Gasteiger partial charge is 0.239 e. The van der Waals surface area contributed by atoms with Gasteiger partial charge in [0.1, 0.15) is 5.82 Å². The maximum atomic E-state index is 13.9. The summed E-state index contributed by atoms with van der Waals surface area (Å²) in [7, 11) is 1.65. The topological polar surface area (TPSA) is 52.6 Å². The molecule has 0 saturated heterocycles. The molecule has 1 amide bonds. The number of rotatable bonds is 5. The summed E-state index contributed by atoms with van der Waals surface area (Å²) < 4.78 is 13.9. The molecule has 0 aromatic heterocycles. The first-order chi connectivity index (χ1) is 8.99. The number of halogens is 1. The largest absolute Gasteiger partial charge is 0.389 e. The fourth-order valence-corrected chi connectivity index (χ4v) is 2.07. The number of carbonyl (C=O) groups is 1. The van der Waals surface area contributed by atoms with Gasteiger partial charge in [0.25, 0.3) is 0 Å². The number of aliphatic hydroxyl groups is 1. The van der Waals surface area contributed by atoms with Crippen LogP contribution in [0.3, 0.4) is 0 Å². The number of likely N-dealkylation sites (N-methyl/N-ethyl adjacent to an activating group) is 1. The monoisotopic (exact) mass is 266 g/mol. The molecule has 0 aliphatic heterocycles. The van der Waals surface area contributed by atoms with Gasteiger partial charge in [-0.1, -0.05) is 12.1 Å². The molecular weight excluding hydrogens is 247 g/mol. The minimum atomic E-state index is -0.778. The van der Waals surface area contributed by atoms with E-state index in [2.05, 4.69) is 5.32 Å². The van der Waals surface area contributed by atoms with Crippen LogP contribution in [0.15, 0.2) is 18.2 Å². The number of nitrogens with zero attached hydrogens (tertiary/aromatic N) is 1. The van der Waals surface area contributed by atoms with E-state index >= 15 is 0 Å². The van der Waals surface area contributed by atoms with Crippen LogP contribution in [-0.4, -0.2) is 30.6 Å². The molecule has 4 nitrogen and oxygen atoms in total. The van der Waals surface area contributed by atoms with Gasteiger partial charge in [0.15, 0.2) is 0 Å². The number of benzene rings is 1. The maximum absolute atomic E-state index is 13.9. The van der Waals surface area contributed by atoms with Gasteiger partial charge in [-0.3, -0.25) is 4.79 Å². The summed E-state index contributed by atoms with van der Waals surface area (Å²) in [6, 6.07) is 4.84. The zero-order valence-corrected chi connectivity index (χ0v) is 11.2. The maximum Gasteiger partial charge on any atom is 0.239 e. The molecule has 0 unspecified atom stereocenters. The van der Waals surface area contributed by atoms with Crippen molar-refractivity contribution in [2.45, 2.75) is 31.9 Å². The number of hydrogen-bond donors (Lipinski definition) is 2. The number of nitrogens with one attached hydrogen (secondary N) is 1. The molecule has 1 aromatic carbocycles. The van der Waals surface area contributed by atoms with E-state index in [1.807, 2.05) is 0 Å². The van der Waals surface area contributed by atoms with Gasteiger partial charge in [0.05, 0.1) is 18.3 Å². The second kappa shape index (κ2) is 5.57. The Bertz CT molecular complexity index is 473. The number of amides is 1. The molecule has 1 aromatic rings. The van der Waals surface area contributed by atoms with Crippen LogP contribution < -0.4 is 10.2 Å². The summed E-state index contributed by atoms with van der Waals surface area (Å²) >= 11 is 0. The summed E-state index contributed by atoms with van der Waals surface area (Å²) in [5, 5.41) is 12.5. The normalized spacial score (nSPS) is 16.0. The van der Waals surface area contributed by atoms with Gasteiger partial charge in [-0.25, -0.2) is 4.39 Å². The van der Waals surface area contributed by atoms with E-state index in [0.29, 0.717) is 5.56 Å². The second-order valence-electron chi connectivity index (χ2n) is 5.05. The van der Waals surface area contributed by atoms with Crippen LogP contribution in [0.2, 0.25) is 0 Å². The minimum absolute atomic E-state index is 0.0805. The molecule has 19 heavy (non-hydrogen) atoms. The Labute approximate surface area is 112 Å². The van der Waals surface area contributed by atoms with Crippen LogP contribution in [0.1, 0.15) is 31.4 Å². The molecule has 5 heteroatoms. The van der Waals surface area contributed by atoms with Gasteiger partial charge in [0.2, 0.25) is 5.91 Å². The average Bonchev–Trinajstić information content (AvgIpc) is 3.11. The average molecular weight is 266 g/mol. The number of aliphatic hydroxyl groups excluding tert-OH is 1. The van der Waals surface area contributed by atoms with Crippen LogP contribution in [0, 0.1) is 5.82 Å². The fraction of sp³-hybridized carbons (Fsp3) is 0.500. The van der Waals surface area contributed by atoms with E-state index in [9.17, 15) is 14.3 Å². The third-order valence-corrected chi connectivity index (χ3v) is 3.17. The predicted molar refractivity (Wildman–Crippen MR) is 71.5 cm³/mol. The third-order valence-electron chi connectivity index (χ3n) is 3.17. The van der Waals surface area contributed by atoms with Gasteiger partial charge >= 0.3 is 0 Å². The lowest BCUT2D eigenvalue weighted by Crippen LogP contribution is -2.37. The van der Waals surface area contributed by atoms with Crippen molar-refractivity contribution in [2.24, 2.45) is 0 Å². The number of hydrogen-bond acceptors (Lipinski definition) is 3. The molecule has 1 fully saturated rings. The molecule has 104 valence electrons. The lowest BCUT2D eigenvalue weighted by Gasteiger charge is -2.23. The standard InChI is InChI=1S/C14H19FN2O2/c1-9(18)11-4-3-5-12(15)14(11)17(2)8-13(19)16-10-6-7-10/h3-5,9-10,18H,6-8H2,1-2H3,(H,16,19)/t9-/m1/s1. The third kappa shape index (κ3) is 3.44. The Kier molecular flexibility index (Phi) is 4.04. The Hall–Kier alpha value is -1.62. The van der Waals surface area contributed by atoms with E-state index in [4.69, 9.17) is 0 Å². The highest BCUT2D eigenvalue weighted by Gasteiger charge is 2.24. The van der Waals surface area contributed by atoms with Crippen molar-refractivity contribution in [3.63, 3.8) is 0 Å². The van der Waals surface area contributed by atoms with Crippen molar-refractivity contribution >= 4 is 11.6 Å². The molecular formula is C14H19FN2O2. The SMILES string of the molecule is C[C@@H](O)c1cccc(F)c1N(C)CC(=O)NC1CC1. The van der Waals surface area contributed by atoms with Crippen molar-refractivity contribution < 1.29 is 14.3 Å². The lowest BCUT2D eigenvalue weighted by atomic mass is 10.1. The van der Waals surface area contributed by atoms with E-state index in [1.54, 1.807) is 26.1 Å². The Morgan fingerprint density at radius 2 is 2.26 bits per heavy atom. The van der Waals surface area contributed by atoms with Gasteiger partial charge in [0, 0.05) is 18.7 Å². The summed E-state index contributed by atoms with van der Waals surface area (Å²) in [5.74, 6) is -0.551. The zero-order chi connectivity index (χ0) is 14.0. The highest BCUT2D eigenvalue weighted by atomic mass is 19.1.